The summed E-state index contributed by atoms with van der Waals surface area (Å²) in [5.74, 6) is 5.66. The van der Waals surface area contributed by atoms with Gasteiger partial charge in [0, 0.05) is 43.4 Å². The highest BCUT2D eigenvalue weighted by atomic mass is 35.5. The van der Waals surface area contributed by atoms with Gasteiger partial charge in [0.05, 0.1) is 45.8 Å². The van der Waals surface area contributed by atoms with Crippen LogP contribution in [0.1, 0.15) is 11.1 Å². The lowest BCUT2D eigenvalue weighted by molar-refractivity contribution is 0.168. The summed E-state index contributed by atoms with van der Waals surface area (Å²) in [6, 6.07) is 9.46. The average Bonchev–Trinajstić information content (AvgIpc) is 2.82. The van der Waals surface area contributed by atoms with Crippen molar-refractivity contribution in [3.05, 3.63) is 58.5 Å². The van der Waals surface area contributed by atoms with Gasteiger partial charge < -0.3 is 10.2 Å². The molecular formula is C25H24ClFN6O2S. The smallest absolute Gasteiger partial charge is 0.229 e. The monoisotopic (exact) mass is 526 g/mol. The molecule has 0 amide bonds. The highest BCUT2D eigenvalue weighted by Gasteiger charge is 2.16. The van der Waals surface area contributed by atoms with Gasteiger partial charge in [0.25, 0.3) is 0 Å². The molecule has 0 unspecified atom stereocenters. The molecule has 1 fully saturated rings. The van der Waals surface area contributed by atoms with Gasteiger partial charge in [-0.05, 0) is 37.4 Å². The number of hydrogen-bond acceptors (Lipinski definition) is 7. The van der Waals surface area contributed by atoms with Crippen molar-refractivity contribution in [3.8, 4) is 17.9 Å². The summed E-state index contributed by atoms with van der Waals surface area (Å²) < 4.78 is 40.4. The zero-order valence-electron chi connectivity index (χ0n) is 19.8. The quantitative estimate of drug-likeness (QED) is 0.490. The Balaban J connectivity index is 1.76. The molecule has 1 aromatic heterocycles. The minimum absolute atomic E-state index is 0.0748. The molecule has 0 atom stereocenters. The Morgan fingerprint density at radius 3 is 2.58 bits per heavy atom. The van der Waals surface area contributed by atoms with Crippen molar-refractivity contribution in [1.82, 2.24) is 14.8 Å². The fourth-order valence-corrected chi connectivity index (χ4v) is 4.57. The fraction of sp³-hybridized carbons (Fsp3) is 0.280. The molecule has 0 aliphatic carbocycles. The molecule has 0 saturated carbocycles. The van der Waals surface area contributed by atoms with Crippen molar-refractivity contribution >= 4 is 49.6 Å². The van der Waals surface area contributed by atoms with Crippen LogP contribution in [0.2, 0.25) is 5.02 Å². The number of pyridine rings is 1. The second-order valence-electron chi connectivity index (χ2n) is 8.58. The van der Waals surface area contributed by atoms with Crippen LogP contribution >= 0.6 is 11.6 Å². The van der Waals surface area contributed by atoms with E-state index in [1.165, 1.54) is 24.4 Å². The van der Waals surface area contributed by atoms with Gasteiger partial charge in [-0.15, -0.1) is 0 Å². The lowest BCUT2D eigenvalue weighted by atomic mass is 10.0. The van der Waals surface area contributed by atoms with Gasteiger partial charge in [-0.2, -0.15) is 5.26 Å². The Kier molecular flexibility index (Phi) is 7.62. The SMILES string of the molecule is CN1CCN(CC#Cc2cc3ncc(C#N)c(Nc4ccc(F)c(Cl)c4)c3cc2NS(C)(=O)=O)CC1. The standard InChI is InChI=1S/C25H24ClFN6O2S/c1-32-8-10-33(11-9-32)7-3-4-17-12-24-20(14-23(17)31-36(2,34)35)25(18(15-28)16-29-24)30-19-5-6-22(27)21(26)13-19/h5-6,12-14,16,31H,7-11H2,1-2H3,(H,29,30). The number of nitriles is 1. The highest BCUT2D eigenvalue weighted by molar-refractivity contribution is 7.92. The molecule has 0 radical (unpaired) electrons. The molecule has 1 aliphatic heterocycles. The highest BCUT2D eigenvalue weighted by Crippen LogP contribution is 2.33. The Bertz CT molecular complexity index is 1520. The fourth-order valence-electron chi connectivity index (χ4n) is 3.82. The second-order valence-corrected chi connectivity index (χ2v) is 10.7. The molecule has 3 aromatic rings. The van der Waals surface area contributed by atoms with Gasteiger partial charge in [0.2, 0.25) is 10.0 Å². The minimum atomic E-state index is -3.62. The van der Waals surface area contributed by atoms with Crippen LogP contribution in [-0.4, -0.2) is 69.2 Å². The number of halogens is 2. The van der Waals surface area contributed by atoms with Gasteiger partial charge in [-0.1, -0.05) is 23.4 Å². The lowest BCUT2D eigenvalue weighted by Gasteiger charge is -2.30. The third-order valence-electron chi connectivity index (χ3n) is 5.73. The van der Waals surface area contributed by atoms with Crippen LogP contribution in [0.5, 0.6) is 0 Å². The van der Waals surface area contributed by atoms with Crippen molar-refractivity contribution in [2.45, 2.75) is 0 Å². The van der Waals surface area contributed by atoms with Gasteiger partial charge in [0.1, 0.15) is 11.9 Å². The summed E-state index contributed by atoms with van der Waals surface area (Å²) in [7, 11) is -1.53. The second kappa shape index (κ2) is 10.7. The first-order valence-corrected chi connectivity index (χ1v) is 13.4. The zero-order chi connectivity index (χ0) is 25.9. The maximum atomic E-state index is 13.6. The molecule has 36 heavy (non-hydrogen) atoms. The number of sulfonamides is 1. The first-order chi connectivity index (χ1) is 17.1. The normalized spacial score (nSPS) is 14.6. The first-order valence-electron chi connectivity index (χ1n) is 11.1. The number of piperazine rings is 1. The van der Waals surface area contributed by atoms with E-state index in [-0.39, 0.29) is 16.3 Å². The summed E-state index contributed by atoms with van der Waals surface area (Å²) in [4.78, 5) is 8.88. The summed E-state index contributed by atoms with van der Waals surface area (Å²) in [6.07, 6.45) is 2.48. The molecule has 2 N–H and O–H groups in total. The minimum Gasteiger partial charge on any atom is -0.354 e. The summed E-state index contributed by atoms with van der Waals surface area (Å²) >= 11 is 5.91. The van der Waals surface area contributed by atoms with E-state index in [2.05, 4.69) is 49.8 Å². The molecule has 11 heteroatoms. The predicted molar refractivity (Wildman–Crippen MR) is 140 cm³/mol. The van der Waals surface area contributed by atoms with Crippen LogP contribution in [0.3, 0.4) is 0 Å². The van der Waals surface area contributed by atoms with Gasteiger partial charge in [-0.3, -0.25) is 14.6 Å². The number of hydrogen-bond donors (Lipinski definition) is 2. The number of nitrogens with one attached hydrogen (secondary N) is 2. The molecule has 2 aromatic carbocycles. The van der Waals surface area contributed by atoms with Gasteiger partial charge in [-0.25, -0.2) is 12.8 Å². The Hall–Kier alpha value is -3.41. The topological polar surface area (TPSA) is 101 Å². The van der Waals surface area contributed by atoms with E-state index < -0.39 is 15.8 Å². The Morgan fingerprint density at radius 2 is 1.92 bits per heavy atom. The van der Waals surface area contributed by atoms with Crippen LogP contribution in [-0.2, 0) is 10.0 Å². The van der Waals surface area contributed by atoms with E-state index in [0.29, 0.717) is 34.4 Å². The van der Waals surface area contributed by atoms with E-state index in [1.54, 1.807) is 12.1 Å². The van der Waals surface area contributed by atoms with Crippen LogP contribution in [0.4, 0.5) is 21.5 Å². The predicted octanol–water partition coefficient (Wildman–Crippen LogP) is 3.61. The maximum Gasteiger partial charge on any atom is 0.229 e. The number of fused-ring (bicyclic) bond motifs is 1. The van der Waals surface area contributed by atoms with Crippen molar-refractivity contribution in [2.24, 2.45) is 0 Å². The van der Waals surface area contributed by atoms with E-state index >= 15 is 0 Å². The van der Waals surface area contributed by atoms with Crippen LogP contribution in [0.25, 0.3) is 10.9 Å². The number of anilines is 3. The number of likely N-dealkylation sites (N-methyl/N-ethyl adjacent to an activating group) is 1. The van der Waals surface area contributed by atoms with E-state index in [9.17, 15) is 18.1 Å². The molecule has 0 spiro atoms. The first kappa shape index (κ1) is 25.7. The Morgan fingerprint density at radius 1 is 1.17 bits per heavy atom. The largest absolute Gasteiger partial charge is 0.354 e. The zero-order valence-corrected chi connectivity index (χ0v) is 21.3. The van der Waals surface area contributed by atoms with Crippen molar-refractivity contribution in [2.75, 3.05) is 56.1 Å². The summed E-state index contributed by atoms with van der Waals surface area (Å²) in [5.41, 5.74) is 2.32. The van der Waals surface area contributed by atoms with Crippen LogP contribution in [0.15, 0.2) is 36.5 Å². The average molecular weight is 527 g/mol. The van der Waals surface area contributed by atoms with Crippen molar-refractivity contribution in [3.63, 3.8) is 0 Å². The lowest BCUT2D eigenvalue weighted by Crippen LogP contribution is -2.44. The Labute approximate surface area is 214 Å². The molecule has 0 bridgehead atoms. The van der Waals surface area contributed by atoms with E-state index in [0.717, 1.165) is 32.4 Å². The summed E-state index contributed by atoms with van der Waals surface area (Å²) in [6.45, 7) is 4.33. The molecule has 186 valence electrons. The number of benzene rings is 2. The molecule has 8 nitrogen and oxygen atoms in total. The van der Waals surface area contributed by atoms with E-state index in [4.69, 9.17) is 11.6 Å². The van der Waals surface area contributed by atoms with Crippen molar-refractivity contribution < 1.29 is 12.8 Å². The van der Waals surface area contributed by atoms with Crippen LogP contribution in [0, 0.1) is 29.0 Å². The third kappa shape index (κ3) is 6.23. The molecule has 2 heterocycles. The number of aromatic nitrogens is 1. The maximum absolute atomic E-state index is 13.6. The third-order valence-corrected chi connectivity index (χ3v) is 6.61. The number of nitrogens with zero attached hydrogens (tertiary/aromatic N) is 4. The summed E-state index contributed by atoms with van der Waals surface area (Å²) in [5, 5.41) is 13.2. The molecule has 4 rings (SSSR count). The number of rotatable bonds is 5. The van der Waals surface area contributed by atoms with Crippen LogP contribution < -0.4 is 10.0 Å². The molecule has 1 saturated heterocycles. The van der Waals surface area contributed by atoms with Crippen molar-refractivity contribution in [1.29, 1.82) is 5.26 Å². The van der Waals surface area contributed by atoms with Gasteiger partial charge in [0.15, 0.2) is 0 Å². The van der Waals surface area contributed by atoms with Gasteiger partial charge >= 0.3 is 0 Å². The molecule has 1 aliphatic rings. The molecular weight excluding hydrogens is 503 g/mol. The van der Waals surface area contributed by atoms with E-state index in [1.807, 2.05) is 0 Å².